The highest BCUT2D eigenvalue weighted by atomic mass is 16.3. The summed E-state index contributed by atoms with van der Waals surface area (Å²) >= 11 is 0. The van der Waals surface area contributed by atoms with Gasteiger partial charge < -0.3 is 20.4 Å². The van der Waals surface area contributed by atoms with E-state index in [0.717, 1.165) is 11.1 Å². The van der Waals surface area contributed by atoms with Crippen LogP contribution in [0.15, 0.2) is 30.0 Å². The van der Waals surface area contributed by atoms with E-state index in [2.05, 4.69) is 5.32 Å². The molecule has 1 amide bonds. The molecule has 6 heteroatoms. The largest absolute Gasteiger partial charge is 0.395 e. The lowest BCUT2D eigenvalue weighted by Crippen LogP contribution is -2.26. The standard InChI is InChI=1S/C16H21N3O3/c1-12-3-4-15(13(2)9-12)18-16(22)14(10-17)11-19(5-7-20)6-8-21/h3-4,9,11,20-21H,5-8H2,1-2H3,(H,18,22)/b14-11-. The van der Waals surface area contributed by atoms with Gasteiger partial charge in [-0.2, -0.15) is 5.26 Å². The molecule has 0 saturated heterocycles. The first kappa shape index (κ1) is 17.7. The summed E-state index contributed by atoms with van der Waals surface area (Å²) in [6.45, 7) is 4.05. The molecular formula is C16H21N3O3. The van der Waals surface area contributed by atoms with Crippen LogP contribution in [-0.2, 0) is 4.79 Å². The third kappa shape index (κ3) is 5.20. The van der Waals surface area contributed by atoms with Crippen molar-refractivity contribution in [2.45, 2.75) is 13.8 Å². The smallest absolute Gasteiger partial charge is 0.267 e. The van der Waals surface area contributed by atoms with E-state index in [9.17, 15) is 4.79 Å². The minimum absolute atomic E-state index is 0.0816. The summed E-state index contributed by atoms with van der Waals surface area (Å²) in [5.74, 6) is -0.518. The summed E-state index contributed by atoms with van der Waals surface area (Å²) in [5, 5.41) is 29.7. The summed E-state index contributed by atoms with van der Waals surface area (Å²) in [4.78, 5) is 13.7. The van der Waals surface area contributed by atoms with Gasteiger partial charge in [-0.05, 0) is 25.5 Å². The molecule has 0 aromatic heterocycles. The van der Waals surface area contributed by atoms with Crippen LogP contribution >= 0.6 is 0 Å². The van der Waals surface area contributed by atoms with E-state index < -0.39 is 5.91 Å². The maximum absolute atomic E-state index is 12.2. The third-order valence-electron chi connectivity index (χ3n) is 3.08. The molecule has 0 spiro atoms. The van der Waals surface area contributed by atoms with Gasteiger partial charge in [0.2, 0.25) is 0 Å². The molecule has 22 heavy (non-hydrogen) atoms. The average Bonchev–Trinajstić information content (AvgIpc) is 2.47. The van der Waals surface area contributed by atoms with Crippen LogP contribution < -0.4 is 5.32 Å². The summed E-state index contributed by atoms with van der Waals surface area (Å²) in [6, 6.07) is 7.45. The Kier molecular flexibility index (Phi) is 7.09. The zero-order valence-electron chi connectivity index (χ0n) is 12.8. The van der Waals surface area contributed by atoms with E-state index in [1.807, 2.05) is 32.0 Å². The first-order chi connectivity index (χ1) is 10.5. The molecule has 0 heterocycles. The second-order valence-electron chi connectivity index (χ2n) is 4.91. The summed E-state index contributed by atoms with van der Waals surface area (Å²) < 4.78 is 0. The normalized spacial score (nSPS) is 11.0. The van der Waals surface area contributed by atoms with Crippen LogP contribution in [0.4, 0.5) is 5.69 Å². The van der Waals surface area contributed by atoms with Gasteiger partial charge in [0.25, 0.3) is 5.91 Å². The molecule has 6 nitrogen and oxygen atoms in total. The SMILES string of the molecule is Cc1ccc(NC(=O)/C(C#N)=C\N(CCO)CCO)c(C)c1. The van der Waals surface area contributed by atoms with Gasteiger partial charge in [-0.15, -0.1) is 0 Å². The summed E-state index contributed by atoms with van der Waals surface area (Å²) in [5.41, 5.74) is 2.56. The van der Waals surface area contributed by atoms with Gasteiger partial charge in [0.1, 0.15) is 11.6 Å². The number of aryl methyl sites for hydroxylation is 2. The number of benzene rings is 1. The van der Waals surface area contributed by atoms with Gasteiger partial charge in [-0.3, -0.25) is 4.79 Å². The maximum atomic E-state index is 12.2. The van der Waals surface area contributed by atoms with Gasteiger partial charge in [0.15, 0.2) is 0 Å². The molecule has 0 unspecified atom stereocenters. The molecule has 0 fully saturated rings. The van der Waals surface area contributed by atoms with Crippen molar-refractivity contribution >= 4 is 11.6 Å². The summed E-state index contributed by atoms with van der Waals surface area (Å²) in [6.07, 6.45) is 1.35. The number of carbonyl (C=O) groups is 1. The summed E-state index contributed by atoms with van der Waals surface area (Å²) in [7, 11) is 0. The van der Waals surface area contributed by atoms with Crippen LogP contribution in [-0.4, -0.2) is 47.3 Å². The molecular weight excluding hydrogens is 282 g/mol. The van der Waals surface area contributed by atoms with Gasteiger partial charge >= 0.3 is 0 Å². The molecule has 1 rings (SSSR count). The molecule has 118 valence electrons. The number of nitrogens with zero attached hydrogens (tertiary/aromatic N) is 2. The molecule has 1 aromatic rings. The Morgan fingerprint density at radius 1 is 1.32 bits per heavy atom. The van der Waals surface area contributed by atoms with Crippen molar-refractivity contribution in [3.05, 3.63) is 41.1 Å². The van der Waals surface area contributed by atoms with Crippen LogP contribution in [0, 0.1) is 25.2 Å². The number of carbonyl (C=O) groups excluding carboxylic acids is 1. The highest BCUT2D eigenvalue weighted by molar-refractivity contribution is 6.06. The van der Waals surface area contributed by atoms with Crippen LogP contribution in [0.25, 0.3) is 0 Å². The highest BCUT2D eigenvalue weighted by Gasteiger charge is 2.12. The average molecular weight is 303 g/mol. The fourth-order valence-electron chi connectivity index (χ4n) is 1.96. The van der Waals surface area contributed by atoms with Gasteiger partial charge in [0, 0.05) is 25.0 Å². The van der Waals surface area contributed by atoms with E-state index in [1.165, 1.54) is 11.1 Å². The number of hydrogen-bond donors (Lipinski definition) is 3. The van der Waals surface area contributed by atoms with Gasteiger partial charge in [0.05, 0.1) is 13.2 Å². The molecule has 0 aliphatic heterocycles. The van der Waals surface area contributed by atoms with E-state index in [0.29, 0.717) is 5.69 Å². The van der Waals surface area contributed by atoms with Gasteiger partial charge in [-0.25, -0.2) is 0 Å². The predicted molar refractivity (Wildman–Crippen MR) is 84.0 cm³/mol. The zero-order chi connectivity index (χ0) is 16.5. The lowest BCUT2D eigenvalue weighted by molar-refractivity contribution is -0.112. The van der Waals surface area contributed by atoms with Crippen molar-refractivity contribution in [1.29, 1.82) is 5.26 Å². The number of aliphatic hydroxyl groups is 2. The number of nitrogens with one attached hydrogen (secondary N) is 1. The van der Waals surface area contributed by atoms with Gasteiger partial charge in [-0.1, -0.05) is 17.7 Å². The molecule has 0 atom stereocenters. The number of rotatable bonds is 7. The van der Waals surface area contributed by atoms with E-state index in [4.69, 9.17) is 15.5 Å². The second kappa shape index (κ2) is 8.82. The van der Waals surface area contributed by atoms with Crippen LogP contribution in [0.5, 0.6) is 0 Å². The van der Waals surface area contributed by atoms with E-state index in [-0.39, 0.29) is 31.9 Å². The molecule has 3 N–H and O–H groups in total. The number of anilines is 1. The fourth-order valence-corrected chi connectivity index (χ4v) is 1.96. The Bertz CT molecular complexity index is 585. The highest BCUT2D eigenvalue weighted by Crippen LogP contribution is 2.16. The number of hydrogen-bond acceptors (Lipinski definition) is 5. The van der Waals surface area contributed by atoms with Crippen molar-refractivity contribution in [1.82, 2.24) is 4.90 Å². The van der Waals surface area contributed by atoms with E-state index >= 15 is 0 Å². The molecule has 0 saturated carbocycles. The maximum Gasteiger partial charge on any atom is 0.267 e. The van der Waals surface area contributed by atoms with Crippen molar-refractivity contribution in [3.8, 4) is 6.07 Å². The van der Waals surface area contributed by atoms with Crippen molar-refractivity contribution < 1.29 is 15.0 Å². The molecule has 0 aliphatic rings. The molecule has 0 radical (unpaired) electrons. The number of amides is 1. The third-order valence-corrected chi connectivity index (χ3v) is 3.08. The lowest BCUT2D eigenvalue weighted by Gasteiger charge is -2.18. The Hall–Kier alpha value is -2.36. The minimum atomic E-state index is -0.518. The first-order valence-electron chi connectivity index (χ1n) is 6.98. The van der Waals surface area contributed by atoms with E-state index in [1.54, 1.807) is 6.07 Å². The van der Waals surface area contributed by atoms with Crippen LogP contribution in [0.2, 0.25) is 0 Å². The first-order valence-corrected chi connectivity index (χ1v) is 6.98. The van der Waals surface area contributed by atoms with Crippen molar-refractivity contribution in [2.24, 2.45) is 0 Å². The molecule has 0 bridgehead atoms. The second-order valence-corrected chi connectivity index (χ2v) is 4.91. The Morgan fingerprint density at radius 3 is 2.45 bits per heavy atom. The molecule has 0 aliphatic carbocycles. The zero-order valence-corrected chi connectivity index (χ0v) is 12.8. The quantitative estimate of drug-likeness (QED) is 0.514. The topological polar surface area (TPSA) is 96.6 Å². The van der Waals surface area contributed by atoms with Crippen molar-refractivity contribution in [3.63, 3.8) is 0 Å². The van der Waals surface area contributed by atoms with Crippen molar-refractivity contribution in [2.75, 3.05) is 31.6 Å². The minimum Gasteiger partial charge on any atom is -0.395 e. The Morgan fingerprint density at radius 2 is 1.95 bits per heavy atom. The predicted octanol–water partition coefficient (Wildman–Crippen LogP) is 0.936. The van der Waals surface area contributed by atoms with Crippen LogP contribution in [0.3, 0.4) is 0 Å². The lowest BCUT2D eigenvalue weighted by atomic mass is 10.1. The number of nitriles is 1. The monoisotopic (exact) mass is 303 g/mol. The fraction of sp³-hybridized carbons (Fsp3) is 0.375. The molecule has 1 aromatic carbocycles. The van der Waals surface area contributed by atoms with Crippen LogP contribution in [0.1, 0.15) is 11.1 Å². The Labute approximate surface area is 130 Å². The Balaban J connectivity index is 2.89. The number of aliphatic hydroxyl groups excluding tert-OH is 2.